The first-order chi connectivity index (χ1) is 13.5. The Morgan fingerprint density at radius 1 is 1.00 bits per heavy atom. The van der Waals surface area contributed by atoms with Gasteiger partial charge in [-0.05, 0) is 48.6 Å². The maximum atomic E-state index is 11.9. The van der Waals surface area contributed by atoms with Crippen LogP contribution in [0.15, 0.2) is 48.5 Å². The Morgan fingerprint density at radius 3 is 2.36 bits per heavy atom. The third-order valence-electron chi connectivity index (χ3n) is 3.28. The Morgan fingerprint density at radius 2 is 1.68 bits per heavy atom. The number of ether oxygens (including phenoxy) is 1. The van der Waals surface area contributed by atoms with Gasteiger partial charge in [0.05, 0.1) is 29.3 Å². The highest BCUT2D eigenvalue weighted by Crippen LogP contribution is 2.20. The predicted octanol–water partition coefficient (Wildman–Crippen LogP) is 3.04. The van der Waals surface area contributed by atoms with Gasteiger partial charge in [-0.15, -0.1) is 11.8 Å². The van der Waals surface area contributed by atoms with Crippen molar-refractivity contribution in [1.82, 2.24) is 10.9 Å². The molecule has 2 rings (SSSR count). The van der Waals surface area contributed by atoms with Gasteiger partial charge in [-0.25, -0.2) is 0 Å². The molecule has 2 aromatic carbocycles. The smallest absolute Gasteiger partial charge is 0.248 e. The van der Waals surface area contributed by atoms with Gasteiger partial charge in [-0.2, -0.15) is 0 Å². The number of thioether (sulfide) groups is 1. The van der Waals surface area contributed by atoms with Crippen LogP contribution in [-0.4, -0.2) is 35.5 Å². The number of hydrazine groups is 1. The van der Waals surface area contributed by atoms with Crippen LogP contribution >= 0.6 is 35.6 Å². The molecule has 28 heavy (non-hydrogen) atoms. The molecule has 0 saturated heterocycles. The highest BCUT2D eigenvalue weighted by Gasteiger charge is 2.07. The number of para-hydroxylation sites is 1. The molecule has 0 spiro atoms. The van der Waals surface area contributed by atoms with Crippen molar-refractivity contribution in [3.63, 3.8) is 0 Å². The normalized spacial score (nSPS) is 9.93. The summed E-state index contributed by atoms with van der Waals surface area (Å²) in [7, 11) is 1.57. The van der Waals surface area contributed by atoms with Gasteiger partial charge in [0.15, 0.2) is 5.11 Å². The van der Waals surface area contributed by atoms with E-state index in [0.717, 1.165) is 0 Å². The highest BCUT2D eigenvalue weighted by molar-refractivity contribution is 8.00. The summed E-state index contributed by atoms with van der Waals surface area (Å²) in [5.41, 5.74) is 6.33. The number of hydrogen-bond acceptors (Lipinski definition) is 5. The van der Waals surface area contributed by atoms with E-state index < -0.39 is 0 Å². The summed E-state index contributed by atoms with van der Waals surface area (Å²) in [4.78, 5) is 23.7. The lowest BCUT2D eigenvalue weighted by Crippen LogP contribution is -2.44. The minimum Gasteiger partial charge on any atom is -0.497 e. The Kier molecular flexibility index (Phi) is 8.86. The maximum Gasteiger partial charge on any atom is 0.248 e. The molecule has 0 atom stereocenters. The van der Waals surface area contributed by atoms with Gasteiger partial charge < -0.3 is 15.4 Å². The molecule has 0 fully saturated rings. The Hall–Kier alpha value is -2.49. The number of carbonyl (C=O) groups is 2. The third-order valence-corrected chi connectivity index (χ3v) is 4.74. The number of anilines is 2. The number of methoxy groups -OCH3 is 1. The number of thiocarbonyl (C=S) groups is 1. The van der Waals surface area contributed by atoms with Crippen molar-refractivity contribution in [2.24, 2.45) is 0 Å². The summed E-state index contributed by atoms with van der Waals surface area (Å²) in [5, 5.41) is 6.32. The summed E-state index contributed by atoms with van der Waals surface area (Å²) >= 11 is 12.3. The topological polar surface area (TPSA) is 91.5 Å². The van der Waals surface area contributed by atoms with E-state index >= 15 is 0 Å². The average molecular weight is 439 g/mol. The molecule has 0 aliphatic heterocycles. The van der Waals surface area contributed by atoms with E-state index in [9.17, 15) is 9.59 Å². The summed E-state index contributed by atoms with van der Waals surface area (Å²) in [6.07, 6.45) is 0. The van der Waals surface area contributed by atoms with Gasteiger partial charge >= 0.3 is 0 Å². The molecule has 0 bridgehead atoms. The molecule has 0 saturated carbocycles. The van der Waals surface area contributed by atoms with Crippen LogP contribution in [-0.2, 0) is 9.59 Å². The van der Waals surface area contributed by atoms with Crippen molar-refractivity contribution < 1.29 is 14.3 Å². The molecule has 10 heteroatoms. The van der Waals surface area contributed by atoms with Gasteiger partial charge in [-0.1, -0.05) is 23.7 Å². The quantitative estimate of drug-likeness (QED) is 0.390. The van der Waals surface area contributed by atoms with Crippen LogP contribution in [0, 0.1) is 0 Å². The first kappa shape index (κ1) is 21.8. The van der Waals surface area contributed by atoms with Gasteiger partial charge in [0.1, 0.15) is 5.75 Å². The fourth-order valence-electron chi connectivity index (χ4n) is 1.99. The van der Waals surface area contributed by atoms with E-state index in [-0.39, 0.29) is 28.4 Å². The second kappa shape index (κ2) is 11.4. The second-order valence-electron chi connectivity index (χ2n) is 5.38. The molecule has 0 aliphatic carbocycles. The summed E-state index contributed by atoms with van der Waals surface area (Å²) < 4.78 is 5.06. The van der Waals surface area contributed by atoms with Crippen LogP contribution in [0.4, 0.5) is 11.4 Å². The van der Waals surface area contributed by atoms with E-state index in [1.54, 1.807) is 49.6 Å². The van der Waals surface area contributed by atoms with E-state index in [4.69, 9.17) is 28.6 Å². The molecular formula is C18H19ClN4O3S2. The number of benzene rings is 2. The zero-order valence-corrected chi connectivity index (χ0v) is 17.3. The lowest BCUT2D eigenvalue weighted by atomic mass is 10.3. The van der Waals surface area contributed by atoms with Crippen LogP contribution in [0.5, 0.6) is 5.75 Å². The lowest BCUT2D eigenvalue weighted by molar-refractivity contribution is -0.119. The fraction of sp³-hybridized carbons (Fsp3) is 0.167. The molecule has 7 nitrogen and oxygen atoms in total. The fourth-order valence-corrected chi connectivity index (χ4v) is 2.95. The molecule has 2 amide bonds. The Bertz CT molecular complexity index is 834. The van der Waals surface area contributed by atoms with E-state index in [2.05, 4.69) is 21.5 Å². The summed E-state index contributed by atoms with van der Waals surface area (Å²) in [5.74, 6) is 0.426. The summed E-state index contributed by atoms with van der Waals surface area (Å²) in [6.45, 7) is 0. The van der Waals surface area contributed by atoms with Crippen molar-refractivity contribution in [2.75, 3.05) is 29.2 Å². The van der Waals surface area contributed by atoms with E-state index in [1.165, 1.54) is 11.8 Å². The molecule has 2 aromatic rings. The third kappa shape index (κ3) is 7.63. The molecule has 148 valence electrons. The number of nitrogens with one attached hydrogen (secondary N) is 4. The van der Waals surface area contributed by atoms with Gasteiger partial charge in [0.25, 0.3) is 0 Å². The Labute approximate surface area is 177 Å². The van der Waals surface area contributed by atoms with Crippen molar-refractivity contribution in [3.8, 4) is 5.75 Å². The zero-order valence-electron chi connectivity index (χ0n) is 15.0. The number of carbonyl (C=O) groups excluding carboxylic acids is 2. The van der Waals surface area contributed by atoms with Crippen molar-refractivity contribution in [2.45, 2.75) is 0 Å². The molecule has 0 radical (unpaired) electrons. The molecular weight excluding hydrogens is 420 g/mol. The van der Waals surface area contributed by atoms with Crippen LogP contribution in [0.3, 0.4) is 0 Å². The minimum absolute atomic E-state index is 0.0950. The zero-order chi connectivity index (χ0) is 20.4. The van der Waals surface area contributed by atoms with Gasteiger partial charge in [-0.3, -0.25) is 20.4 Å². The Balaban J connectivity index is 1.63. The SMILES string of the molecule is COc1ccc(NC(=O)CSCC(=O)NNC(=S)Nc2ccccc2Cl)cc1. The van der Waals surface area contributed by atoms with Crippen LogP contribution in [0.25, 0.3) is 0 Å². The molecule has 0 heterocycles. The molecule has 4 N–H and O–H groups in total. The van der Waals surface area contributed by atoms with Crippen LogP contribution < -0.4 is 26.2 Å². The van der Waals surface area contributed by atoms with Gasteiger partial charge in [0.2, 0.25) is 11.8 Å². The summed E-state index contributed by atoms with van der Waals surface area (Å²) in [6, 6.07) is 14.1. The average Bonchev–Trinajstić information content (AvgIpc) is 2.69. The van der Waals surface area contributed by atoms with Gasteiger partial charge in [0, 0.05) is 5.69 Å². The van der Waals surface area contributed by atoms with Crippen molar-refractivity contribution >= 4 is 63.9 Å². The van der Waals surface area contributed by atoms with Crippen LogP contribution in [0.2, 0.25) is 5.02 Å². The molecule has 0 aromatic heterocycles. The second-order valence-corrected chi connectivity index (χ2v) is 7.18. The number of hydrogen-bond donors (Lipinski definition) is 4. The lowest BCUT2D eigenvalue weighted by Gasteiger charge is -2.12. The van der Waals surface area contributed by atoms with E-state index in [0.29, 0.717) is 22.1 Å². The van der Waals surface area contributed by atoms with Crippen molar-refractivity contribution in [1.29, 1.82) is 0 Å². The van der Waals surface area contributed by atoms with Crippen molar-refractivity contribution in [3.05, 3.63) is 53.6 Å². The van der Waals surface area contributed by atoms with E-state index in [1.807, 2.05) is 6.07 Å². The number of halogens is 1. The number of amides is 2. The number of rotatable bonds is 7. The predicted molar refractivity (Wildman–Crippen MR) is 118 cm³/mol. The molecule has 0 unspecified atom stereocenters. The maximum absolute atomic E-state index is 11.9. The largest absolute Gasteiger partial charge is 0.497 e. The monoisotopic (exact) mass is 438 g/mol. The first-order valence-electron chi connectivity index (χ1n) is 8.10. The van der Waals surface area contributed by atoms with Crippen LogP contribution in [0.1, 0.15) is 0 Å². The first-order valence-corrected chi connectivity index (χ1v) is 10.0. The standard InChI is InChI=1S/C18H19ClN4O3S2/c1-26-13-8-6-12(7-9-13)20-16(24)10-28-11-17(25)22-23-18(27)21-15-5-3-2-4-14(15)19/h2-9H,10-11H2,1H3,(H,20,24)(H,22,25)(H2,21,23,27). The molecule has 0 aliphatic rings. The highest BCUT2D eigenvalue weighted by atomic mass is 35.5. The minimum atomic E-state index is -0.314.